The van der Waals surface area contributed by atoms with E-state index in [0.717, 1.165) is 58.4 Å². The number of piperidine rings is 1. The molecule has 0 N–H and O–H groups in total. The molecule has 0 saturated carbocycles. The molecule has 162 valence electrons. The zero-order valence-electron chi connectivity index (χ0n) is 18.6. The Bertz CT molecular complexity index is 1130. The van der Waals surface area contributed by atoms with Gasteiger partial charge in [-0.2, -0.15) is 0 Å². The number of carbonyl (C=O) groups excluding carboxylic acids is 1. The van der Waals surface area contributed by atoms with Crippen LogP contribution in [0, 0.1) is 0 Å². The maximum atomic E-state index is 13.0. The number of para-hydroxylation sites is 1. The minimum Gasteiger partial charge on any atom is -0.496 e. The van der Waals surface area contributed by atoms with Crippen LogP contribution < -0.4 is 9.47 Å². The highest BCUT2D eigenvalue weighted by atomic mass is 16.5. The molecule has 1 unspecified atom stereocenters. The number of hydrogen-bond acceptors (Lipinski definition) is 4. The Kier molecular flexibility index (Phi) is 6.03. The molecule has 1 amide bonds. The van der Waals surface area contributed by atoms with E-state index in [1.807, 2.05) is 48.2 Å². The smallest absolute Gasteiger partial charge is 0.247 e. The summed E-state index contributed by atoms with van der Waals surface area (Å²) in [6.45, 7) is 4.90. The highest BCUT2D eigenvalue weighted by Crippen LogP contribution is 2.40. The van der Waals surface area contributed by atoms with Gasteiger partial charge in [-0.15, -0.1) is 0 Å². The molecule has 1 aliphatic rings. The van der Waals surface area contributed by atoms with E-state index in [1.165, 1.54) is 6.42 Å². The average molecular weight is 420 g/mol. The number of fused-ring (bicyclic) bond motifs is 1. The summed E-state index contributed by atoms with van der Waals surface area (Å²) in [6.07, 6.45) is 6.78. The minimum absolute atomic E-state index is 0.0593. The summed E-state index contributed by atoms with van der Waals surface area (Å²) in [5, 5.41) is 0.951. The number of nitrogens with zero attached hydrogens (tertiary/aromatic N) is 1. The molecule has 3 aromatic rings. The van der Waals surface area contributed by atoms with Crippen LogP contribution in [0.3, 0.4) is 0 Å². The first-order valence-electron chi connectivity index (χ1n) is 10.8. The maximum absolute atomic E-state index is 13.0. The van der Waals surface area contributed by atoms with Gasteiger partial charge in [-0.25, -0.2) is 0 Å². The third-order valence-electron chi connectivity index (χ3n) is 6.14. The number of furan rings is 1. The van der Waals surface area contributed by atoms with E-state index in [-0.39, 0.29) is 11.9 Å². The molecule has 1 aromatic heterocycles. The molecular formula is C26H29NO4. The number of rotatable bonds is 5. The highest BCUT2D eigenvalue weighted by molar-refractivity contribution is 6.01. The predicted octanol–water partition coefficient (Wildman–Crippen LogP) is 5.92. The fourth-order valence-corrected chi connectivity index (χ4v) is 4.38. The fraction of sp³-hybridized carbons (Fsp3) is 0.346. The lowest BCUT2D eigenvalue weighted by atomic mass is 9.98. The predicted molar refractivity (Wildman–Crippen MR) is 123 cm³/mol. The summed E-state index contributed by atoms with van der Waals surface area (Å²) in [4.78, 5) is 14.9. The van der Waals surface area contributed by atoms with Gasteiger partial charge >= 0.3 is 0 Å². The molecule has 4 rings (SSSR count). The van der Waals surface area contributed by atoms with Crippen molar-refractivity contribution in [3.8, 4) is 22.6 Å². The van der Waals surface area contributed by atoms with Gasteiger partial charge in [-0.1, -0.05) is 18.2 Å². The molecule has 5 nitrogen and oxygen atoms in total. The van der Waals surface area contributed by atoms with Gasteiger partial charge in [0.2, 0.25) is 5.91 Å². The Morgan fingerprint density at radius 3 is 2.61 bits per heavy atom. The largest absolute Gasteiger partial charge is 0.496 e. The van der Waals surface area contributed by atoms with Crippen LogP contribution in [0.1, 0.15) is 38.7 Å². The lowest BCUT2D eigenvalue weighted by molar-refractivity contribution is -0.129. The molecule has 0 bridgehead atoms. The number of amides is 1. The first kappa shape index (κ1) is 21.0. The van der Waals surface area contributed by atoms with Crippen molar-refractivity contribution in [1.29, 1.82) is 0 Å². The van der Waals surface area contributed by atoms with Crippen molar-refractivity contribution in [3.63, 3.8) is 0 Å². The van der Waals surface area contributed by atoms with Crippen LogP contribution in [-0.2, 0) is 4.79 Å². The van der Waals surface area contributed by atoms with E-state index in [9.17, 15) is 4.79 Å². The van der Waals surface area contributed by atoms with E-state index in [1.54, 1.807) is 26.6 Å². The van der Waals surface area contributed by atoms with Crippen molar-refractivity contribution in [2.45, 2.75) is 39.2 Å². The first-order valence-corrected chi connectivity index (χ1v) is 10.8. The molecule has 5 heteroatoms. The van der Waals surface area contributed by atoms with Crippen molar-refractivity contribution in [1.82, 2.24) is 4.90 Å². The quantitative estimate of drug-likeness (QED) is 0.482. The van der Waals surface area contributed by atoms with Gasteiger partial charge in [0.05, 0.1) is 20.5 Å². The molecule has 1 atom stereocenters. The Morgan fingerprint density at radius 2 is 1.87 bits per heavy atom. The average Bonchev–Trinajstić information content (AvgIpc) is 3.21. The van der Waals surface area contributed by atoms with Crippen LogP contribution in [-0.4, -0.2) is 37.6 Å². The molecule has 1 saturated heterocycles. The number of likely N-dealkylation sites (tertiary alicyclic amines) is 1. The number of benzene rings is 2. The number of ether oxygens (including phenoxy) is 2. The SMILES string of the molecule is COc1cc2occ(-c3ccccc3OC)c2cc1/C(C)=C/C(=O)N1CCCCC1C. The Hall–Kier alpha value is -3.21. The molecule has 0 radical (unpaired) electrons. The van der Waals surface area contributed by atoms with Crippen LogP contribution in [0.4, 0.5) is 0 Å². The Morgan fingerprint density at radius 1 is 1.10 bits per heavy atom. The molecule has 0 spiro atoms. The molecule has 31 heavy (non-hydrogen) atoms. The van der Waals surface area contributed by atoms with Gasteiger partial charge in [0.25, 0.3) is 0 Å². The molecule has 0 aliphatic carbocycles. The lowest BCUT2D eigenvalue weighted by Crippen LogP contribution is -2.41. The van der Waals surface area contributed by atoms with Crippen molar-refractivity contribution in [3.05, 3.63) is 54.3 Å². The van der Waals surface area contributed by atoms with E-state index in [0.29, 0.717) is 5.75 Å². The minimum atomic E-state index is 0.0593. The van der Waals surface area contributed by atoms with Gasteiger partial charge in [0.1, 0.15) is 17.1 Å². The molecule has 1 fully saturated rings. The van der Waals surface area contributed by atoms with Crippen LogP contribution in [0.5, 0.6) is 11.5 Å². The maximum Gasteiger partial charge on any atom is 0.247 e. The summed E-state index contributed by atoms with van der Waals surface area (Å²) in [5.74, 6) is 1.52. The first-order chi connectivity index (χ1) is 15.0. The number of methoxy groups -OCH3 is 2. The molecule has 2 aromatic carbocycles. The van der Waals surface area contributed by atoms with Crippen LogP contribution >= 0.6 is 0 Å². The molecular weight excluding hydrogens is 390 g/mol. The summed E-state index contributed by atoms with van der Waals surface area (Å²) in [7, 11) is 3.30. The van der Waals surface area contributed by atoms with Crippen LogP contribution in [0.15, 0.2) is 53.2 Å². The van der Waals surface area contributed by atoms with Crippen LogP contribution in [0.2, 0.25) is 0 Å². The second-order valence-electron chi connectivity index (χ2n) is 8.10. The van der Waals surface area contributed by atoms with Crippen molar-refractivity contribution < 1.29 is 18.7 Å². The van der Waals surface area contributed by atoms with Crippen LogP contribution in [0.25, 0.3) is 27.7 Å². The van der Waals surface area contributed by atoms with E-state index in [2.05, 4.69) is 6.92 Å². The number of allylic oxidation sites excluding steroid dienone is 1. The van der Waals surface area contributed by atoms with Crippen molar-refractivity contribution in [2.24, 2.45) is 0 Å². The summed E-state index contributed by atoms with van der Waals surface area (Å²) < 4.78 is 17.0. The van der Waals surface area contributed by atoms with Gasteiger partial charge in [-0.3, -0.25) is 4.79 Å². The van der Waals surface area contributed by atoms with Gasteiger partial charge in [0.15, 0.2) is 0 Å². The lowest BCUT2D eigenvalue weighted by Gasteiger charge is -2.32. The molecule has 2 heterocycles. The monoisotopic (exact) mass is 419 g/mol. The Balaban J connectivity index is 1.77. The Labute approximate surface area is 183 Å². The standard InChI is InChI=1S/C26H29NO4/c1-17(13-26(28)27-12-8-7-9-18(27)2)20-14-21-22(16-31-25(21)15-24(20)30-4)19-10-5-6-11-23(19)29-3/h5-6,10-11,13-16,18H,7-9,12H2,1-4H3/b17-13+. The van der Waals surface area contributed by atoms with E-state index in [4.69, 9.17) is 13.9 Å². The van der Waals surface area contributed by atoms with Crippen molar-refractivity contribution >= 4 is 22.4 Å². The third kappa shape index (κ3) is 4.05. The zero-order chi connectivity index (χ0) is 22.0. The van der Waals surface area contributed by atoms with Crippen molar-refractivity contribution in [2.75, 3.05) is 20.8 Å². The molecule has 1 aliphatic heterocycles. The second kappa shape index (κ2) is 8.88. The highest BCUT2D eigenvalue weighted by Gasteiger charge is 2.23. The number of hydrogen-bond donors (Lipinski definition) is 0. The van der Waals surface area contributed by atoms with E-state index >= 15 is 0 Å². The van der Waals surface area contributed by atoms with Gasteiger partial charge < -0.3 is 18.8 Å². The normalized spacial score (nSPS) is 17.1. The zero-order valence-corrected chi connectivity index (χ0v) is 18.6. The second-order valence-corrected chi connectivity index (χ2v) is 8.10. The summed E-state index contributed by atoms with van der Waals surface area (Å²) in [5.41, 5.74) is 4.38. The number of carbonyl (C=O) groups is 1. The summed E-state index contributed by atoms with van der Waals surface area (Å²) in [6, 6.07) is 12.1. The topological polar surface area (TPSA) is 51.9 Å². The third-order valence-corrected chi connectivity index (χ3v) is 6.14. The van der Waals surface area contributed by atoms with Gasteiger partial charge in [0, 0.05) is 46.8 Å². The summed E-state index contributed by atoms with van der Waals surface area (Å²) >= 11 is 0. The van der Waals surface area contributed by atoms with E-state index < -0.39 is 0 Å². The van der Waals surface area contributed by atoms with Gasteiger partial charge in [-0.05, 0) is 50.8 Å². The fourth-order valence-electron chi connectivity index (χ4n) is 4.38.